The van der Waals surface area contributed by atoms with Gasteiger partial charge >= 0.3 is 5.97 Å². The molecule has 0 amide bonds. The standard InChI is InChI=1S/C14H10BrNO2S2/c15-9-3-1-8(2-4-9)11-6-20-14-10(11)5-12(16-14)19-7-13(17)18/h1-4,6H,5,7H2,(H,17,18). The Morgan fingerprint density at radius 1 is 1.40 bits per heavy atom. The van der Waals surface area contributed by atoms with E-state index in [1.165, 1.54) is 28.5 Å². The first-order valence-electron chi connectivity index (χ1n) is 5.92. The molecule has 0 unspecified atom stereocenters. The van der Waals surface area contributed by atoms with Gasteiger partial charge in [-0.2, -0.15) is 0 Å². The van der Waals surface area contributed by atoms with Crippen molar-refractivity contribution in [3.8, 4) is 11.1 Å². The van der Waals surface area contributed by atoms with Gasteiger partial charge in [0.15, 0.2) is 0 Å². The number of aliphatic carboxylic acids is 1. The maximum atomic E-state index is 10.6. The summed E-state index contributed by atoms with van der Waals surface area (Å²) >= 11 is 6.36. The van der Waals surface area contributed by atoms with E-state index in [1.807, 2.05) is 12.1 Å². The zero-order valence-electron chi connectivity index (χ0n) is 10.3. The highest BCUT2D eigenvalue weighted by molar-refractivity contribution is 9.10. The summed E-state index contributed by atoms with van der Waals surface area (Å²) < 4.78 is 1.06. The van der Waals surface area contributed by atoms with Crippen molar-refractivity contribution in [2.75, 3.05) is 5.75 Å². The average Bonchev–Trinajstić information content (AvgIpc) is 2.97. The molecule has 0 aliphatic carbocycles. The monoisotopic (exact) mass is 367 g/mol. The van der Waals surface area contributed by atoms with Gasteiger partial charge in [-0.15, -0.1) is 11.3 Å². The SMILES string of the molecule is O=C(O)CSC1=Nc2scc(-c3ccc(Br)cc3)c2C1. The number of aliphatic imine (C=N–C) groups is 1. The quantitative estimate of drug-likeness (QED) is 0.863. The first kappa shape index (κ1) is 13.9. The molecule has 0 fully saturated rings. The summed E-state index contributed by atoms with van der Waals surface area (Å²) in [5, 5.41) is 12.7. The molecule has 3 rings (SSSR count). The molecule has 0 saturated carbocycles. The third kappa shape index (κ3) is 2.82. The number of carbonyl (C=O) groups is 1. The van der Waals surface area contributed by atoms with Gasteiger partial charge in [-0.05, 0) is 23.3 Å². The highest BCUT2D eigenvalue weighted by Crippen LogP contribution is 2.42. The topological polar surface area (TPSA) is 49.7 Å². The van der Waals surface area contributed by atoms with Gasteiger partial charge in [-0.25, -0.2) is 4.99 Å². The Kier molecular flexibility index (Phi) is 3.96. The van der Waals surface area contributed by atoms with Crippen LogP contribution in [0.5, 0.6) is 0 Å². The predicted molar refractivity (Wildman–Crippen MR) is 88.3 cm³/mol. The van der Waals surface area contributed by atoms with Crippen LogP contribution in [0.25, 0.3) is 11.1 Å². The van der Waals surface area contributed by atoms with Crippen LogP contribution in [0.1, 0.15) is 5.56 Å². The summed E-state index contributed by atoms with van der Waals surface area (Å²) in [7, 11) is 0. The Morgan fingerprint density at radius 2 is 2.15 bits per heavy atom. The van der Waals surface area contributed by atoms with E-state index < -0.39 is 5.97 Å². The fourth-order valence-corrected chi connectivity index (χ4v) is 4.05. The lowest BCUT2D eigenvalue weighted by Crippen LogP contribution is -2.02. The summed E-state index contributed by atoms with van der Waals surface area (Å²) in [5.74, 6) is -0.734. The fraction of sp³-hybridized carbons (Fsp3) is 0.143. The normalized spacial score (nSPS) is 13.2. The molecule has 1 aromatic carbocycles. The maximum Gasteiger partial charge on any atom is 0.313 e. The van der Waals surface area contributed by atoms with E-state index in [0.717, 1.165) is 20.9 Å². The minimum atomic E-state index is -0.805. The van der Waals surface area contributed by atoms with Crippen LogP contribution in [-0.2, 0) is 11.2 Å². The zero-order valence-corrected chi connectivity index (χ0v) is 13.5. The van der Waals surface area contributed by atoms with E-state index in [9.17, 15) is 4.79 Å². The van der Waals surface area contributed by atoms with Crippen LogP contribution >= 0.6 is 39.0 Å². The molecule has 20 heavy (non-hydrogen) atoms. The van der Waals surface area contributed by atoms with Crippen molar-refractivity contribution in [1.29, 1.82) is 0 Å². The van der Waals surface area contributed by atoms with Crippen LogP contribution in [0.2, 0.25) is 0 Å². The summed E-state index contributed by atoms with van der Waals surface area (Å²) in [6, 6.07) is 8.20. The minimum absolute atomic E-state index is 0.0708. The molecule has 0 saturated heterocycles. The third-order valence-corrected chi connectivity index (χ3v) is 5.35. The van der Waals surface area contributed by atoms with Gasteiger partial charge in [0.2, 0.25) is 0 Å². The molecular formula is C14H10BrNO2S2. The largest absolute Gasteiger partial charge is 0.481 e. The Labute approximate surface area is 132 Å². The Morgan fingerprint density at radius 3 is 2.85 bits per heavy atom. The Bertz CT molecular complexity index is 692. The van der Waals surface area contributed by atoms with Gasteiger partial charge in [0.1, 0.15) is 5.00 Å². The number of thioether (sulfide) groups is 1. The molecule has 0 radical (unpaired) electrons. The third-order valence-electron chi connectivity index (χ3n) is 2.94. The summed E-state index contributed by atoms with van der Waals surface area (Å²) in [6.07, 6.45) is 0.738. The van der Waals surface area contributed by atoms with Crippen molar-refractivity contribution in [3.05, 3.63) is 39.7 Å². The van der Waals surface area contributed by atoms with Gasteiger partial charge in [-0.3, -0.25) is 4.79 Å². The van der Waals surface area contributed by atoms with E-state index >= 15 is 0 Å². The molecule has 3 nitrogen and oxygen atoms in total. The number of thiophene rings is 1. The number of hydrogen-bond donors (Lipinski definition) is 1. The van der Waals surface area contributed by atoms with Crippen LogP contribution < -0.4 is 0 Å². The second-order valence-corrected chi connectivity index (χ2v) is 7.13. The van der Waals surface area contributed by atoms with Gasteiger partial charge in [0, 0.05) is 21.8 Å². The van der Waals surface area contributed by atoms with Crippen molar-refractivity contribution < 1.29 is 9.90 Å². The van der Waals surface area contributed by atoms with Crippen molar-refractivity contribution in [3.63, 3.8) is 0 Å². The van der Waals surface area contributed by atoms with Crippen molar-refractivity contribution >= 4 is 55.0 Å². The summed E-state index contributed by atoms with van der Waals surface area (Å²) in [4.78, 5) is 15.1. The number of benzene rings is 1. The number of carboxylic acid groups (broad SMARTS) is 1. The molecule has 0 bridgehead atoms. The van der Waals surface area contributed by atoms with E-state index in [0.29, 0.717) is 0 Å². The fourth-order valence-electron chi connectivity index (χ4n) is 2.04. The Balaban J connectivity index is 1.82. The molecule has 1 N–H and O–H groups in total. The molecular weight excluding hydrogens is 358 g/mol. The summed E-state index contributed by atoms with van der Waals surface area (Å²) in [6.45, 7) is 0. The van der Waals surface area contributed by atoms with Crippen molar-refractivity contribution in [1.82, 2.24) is 0 Å². The van der Waals surface area contributed by atoms with Gasteiger partial charge in [0.05, 0.1) is 10.8 Å². The lowest BCUT2D eigenvalue weighted by molar-refractivity contribution is -0.133. The number of fused-ring (bicyclic) bond motifs is 1. The van der Waals surface area contributed by atoms with Crippen LogP contribution in [0, 0.1) is 0 Å². The molecule has 1 aromatic heterocycles. The summed E-state index contributed by atoms with van der Waals surface area (Å²) in [5.41, 5.74) is 3.59. The van der Waals surface area contributed by atoms with Crippen LogP contribution in [0.15, 0.2) is 39.1 Å². The lowest BCUT2D eigenvalue weighted by atomic mass is 10.0. The second-order valence-electron chi connectivity index (χ2n) is 4.30. The molecule has 6 heteroatoms. The van der Waals surface area contributed by atoms with Gasteiger partial charge in [-0.1, -0.05) is 39.8 Å². The van der Waals surface area contributed by atoms with E-state index in [1.54, 1.807) is 11.3 Å². The van der Waals surface area contributed by atoms with Crippen LogP contribution in [-0.4, -0.2) is 21.9 Å². The number of rotatable bonds is 3. The Hall–Kier alpha value is -1.11. The molecule has 0 spiro atoms. The van der Waals surface area contributed by atoms with Crippen molar-refractivity contribution in [2.24, 2.45) is 4.99 Å². The highest BCUT2D eigenvalue weighted by atomic mass is 79.9. The molecule has 0 atom stereocenters. The first-order chi connectivity index (χ1) is 9.63. The number of carboxylic acids is 1. The van der Waals surface area contributed by atoms with E-state index in [-0.39, 0.29) is 5.75 Å². The van der Waals surface area contributed by atoms with Crippen LogP contribution in [0.4, 0.5) is 5.00 Å². The molecule has 2 aromatic rings. The van der Waals surface area contributed by atoms with E-state index in [2.05, 4.69) is 38.4 Å². The first-order valence-corrected chi connectivity index (χ1v) is 8.58. The van der Waals surface area contributed by atoms with Crippen LogP contribution in [0.3, 0.4) is 0 Å². The second kappa shape index (κ2) is 5.71. The highest BCUT2D eigenvalue weighted by Gasteiger charge is 2.21. The van der Waals surface area contributed by atoms with Gasteiger partial charge in [0.25, 0.3) is 0 Å². The number of halogens is 1. The molecule has 1 aliphatic rings. The van der Waals surface area contributed by atoms with Gasteiger partial charge < -0.3 is 5.11 Å². The molecule has 1 aliphatic heterocycles. The van der Waals surface area contributed by atoms with Crippen molar-refractivity contribution in [2.45, 2.75) is 6.42 Å². The number of hydrogen-bond acceptors (Lipinski definition) is 4. The smallest absolute Gasteiger partial charge is 0.313 e. The lowest BCUT2D eigenvalue weighted by Gasteiger charge is -2.02. The molecule has 2 heterocycles. The van der Waals surface area contributed by atoms with E-state index in [4.69, 9.17) is 5.11 Å². The minimum Gasteiger partial charge on any atom is -0.481 e. The number of nitrogens with zero attached hydrogens (tertiary/aromatic N) is 1. The molecule has 102 valence electrons. The zero-order chi connectivity index (χ0) is 14.1. The predicted octanol–water partition coefficient (Wildman–Crippen LogP) is 4.58. The maximum absolute atomic E-state index is 10.6. The average molecular weight is 368 g/mol.